The summed E-state index contributed by atoms with van der Waals surface area (Å²) < 4.78 is 18.5. The van der Waals surface area contributed by atoms with Crippen molar-refractivity contribution >= 4 is 23.0 Å². The predicted octanol–water partition coefficient (Wildman–Crippen LogP) is 3.68. The number of nitrogen functional groups attached to an aromatic ring is 1. The molecule has 18 heavy (non-hydrogen) atoms. The first-order chi connectivity index (χ1) is 8.65. The molecule has 0 aliphatic rings. The molecule has 1 rings (SSSR count). The molecule has 0 atom stereocenters. The molecule has 102 valence electrons. The second kappa shape index (κ2) is 8.16. The maximum atomic E-state index is 13.1. The molecule has 0 spiro atoms. The Labute approximate surface area is 112 Å². The summed E-state index contributed by atoms with van der Waals surface area (Å²) in [6.45, 7) is 4.37. The standard InChI is InChI=1S/C13H20ClFN2O/c1-2-3-6-18-7-4-5-17-13-8-10(14)11(15)9-12(13)16/h8-9,17H,2-7,16H2,1H3. The Morgan fingerprint density at radius 2 is 2.06 bits per heavy atom. The highest BCUT2D eigenvalue weighted by molar-refractivity contribution is 6.31. The zero-order valence-electron chi connectivity index (χ0n) is 10.6. The average Bonchev–Trinajstić information content (AvgIpc) is 2.34. The van der Waals surface area contributed by atoms with Crippen LogP contribution in [0.15, 0.2) is 12.1 Å². The molecule has 0 fully saturated rings. The third kappa shape index (κ3) is 5.10. The van der Waals surface area contributed by atoms with Crippen LogP contribution >= 0.6 is 11.6 Å². The van der Waals surface area contributed by atoms with Gasteiger partial charge < -0.3 is 15.8 Å². The first kappa shape index (κ1) is 15.1. The van der Waals surface area contributed by atoms with Gasteiger partial charge in [-0.3, -0.25) is 0 Å². The number of rotatable bonds is 8. The van der Waals surface area contributed by atoms with Crippen molar-refractivity contribution in [1.82, 2.24) is 0 Å². The predicted molar refractivity (Wildman–Crippen MR) is 74.7 cm³/mol. The van der Waals surface area contributed by atoms with Crippen LogP contribution in [0.5, 0.6) is 0 Å². The zero-order chi connectivity index (χ0) is 13.4. The van der Waals surface area contributed by atoms with Crippen molar-refractivity contribution < 1.29 is 9.13 Å². The van der Waals surface area contributed by atoms with Crippen LogP contribution < -0.4 is 11.1 Å². The van der Waals surface area contributed by atoms with E-state index in [1.54, 1.807) is 0 Å². The van der Waals surface area contributed by atoms with E-state index in [1.807, 2.05) is 0 Å². The first-order valence-electron chi connectivity index (χ1n) is 6.21. The van der Waals surface area contributed by atoms with Gasteiger partial charge >= 0.3 is 0 Å². The van der Waals surface area contributed by atoms with Gasteiger partial charge in [-0.05, 0) is 18.9 Å². The number of halogens is 2. The Hall–Kier alpha value is -1.00. The maximum Gasteiger partial charge on any atom is 0.143 e. The first-order valence-corrected chi connectivity index (χ1v) is 6.59. The quantitative estimate of drug-likeness (QED) is 0.561. The highest BCUT2D eigenvalue weighted by Crippen LogP contribution is 2.26. The number of anilines is 2. The van der Waals surface area contributed by atoms with Gasteiger partial charge in [-0.1, -0.05) is 24.9 Å². The van der Waals surface area contributed by atoms with Crippen molar-refractivity contribution in [3.63, 3.8) is 0 Å². The van der Waals surface area contributed by atoms with E-state index in [9.17, 15) is 4.39 Å². The van der Waals surface area contributed by atoms with E-state index in [2.05, 4.69) is 12.2 Å². The molecule has 0 saturated carbocycles. The molecule has 0 radical (unpaired) electrons. The van der Waals surface area contributed by atoms with Crippen molar-refractivity contribution in [2.45, 2.75) is 26.2 Å². The summed E-state index contributed by atoms with van der Waals surface area (Å²) in [7, 11) is 0. The van der Waals surface area contributed by atoms with E-state index >= 15 is 0 Å². The molecule has 0 aliphatic carbocycles. The lowest BCUT2D eigenvalue weighted by Gasteiger charge is -2.10. The van der Waals surface area contributed by atoms with E-state index in [0.717, 1.165) is 32.4 Å². The van der Waals surface area contributed by atoms with Gasteiger partial charge in [-0.2, -0.15) is 0 Å². The third-order valence-electron chi connectivity index (χ3n) is 2.52. The Bertz CT molecular complexity index is 374. The lowest BCUT2D eigenvalue weighted by molar-refractivity contribution is 0.131. The number of unbranched alkanes of at least 4 members (excludes halogenated alkanes) is 1. The second-order valence-electron chi connectivity index (χ2n) is 4.10. The summed E-state index contributed by atoms with van der Waals surface area (Å²) in [4.78, 5) is 0. The summed E-state index contributed by atoms with van der Waals surface area (Å²) in [6, 6.07) is 2.73. The van der Waals surface area contributed by atoms with Crippen LogP contribution in [0.1, 0.15) is 26.2 Å². The van der Waals surface area contributed by atoms with Crippen molar-refractivity contribution in [1.29, 1.82) is 0 Å². The molecule has 3 nitrogen and oxygen atoms in total. The molecule has 0 aliphatic heterocycles. The van der Waals surface area contributed by atoms with Gasteiger partial charge in [-0.15, -0.1) is 0 Å². The van der Waals surface area contributed by atoms with Gasteiger partial charge in [0.2, 0.25) is 0 Å². The topological polar surface area (TPSA) is 47.3 Å². The smallest absolute Gasteiger partial charge is 0.143 e. The monoisotopic (exact) mass is 274 g/mol. The van der Waals surface area contributed by atoms with Gasteiger partial charge in [-0.25, -0.2) is 4.39 Å². The van der Waals surface area contributed by atoms with Crippen LogP contribution in [-0.2, 0) is 4.74 Å². The molecule has 0 saturated heterocycles. The van der Waals surface area contributed by atoms with Gasteiger partial charge in [0.1, 0.15) is 5.82 Å². The molecule has 5 heteroatoms. The molecule has 1 aromatic rings. The minimum atomic E-state index is -0.498. The Morgan fingerprint density at radius 1 is 1.33 bits per heavy atom. The minimum absolute atomic E-state index is 0.0749. The lowest BCUT2D eigenvalue weighted by atomic mass is 10.2. The Kier molecular flexibility index (Phi) is 6.83. The van der Waals surface area contributed by atoms with Crippen LogP contribution in [0.2, 0.25) is 5.02 Å². The van der Waals surface area contributed by atoms with Crippen LogP contribution in [0.4, 0.5) is 15.8 Å². The molecule has 3 N–H and O–H groups in total. The van der Waals surface area contributed by atoms with Crippen LogP contribution in [-0.4, -0.2) is 19.8 Å². The minimum Gasteiger partial charge on any atom is -0.397 e. The highest BCUT2D eigenvalue weighted by Gasteiger charge is 2.05. The lowest BCUT2D eigenvalue weighted by Crippen LogP contribution is -2.08. The van der Waals surface area contributed by atoms with Crippen molar-refractivity contribution in [2.75, 3.05) is 30.8 Å². The fourth-order valence-electron chi connectivity index (χ4n) is 1.46. The summed E-state index contributed by atoms with van der Waals surface area (Å²) in [5.74, 6) is -0.498. The van der Waals surface area contributed by atoms with E-state index < -0.39 is 5.82 Å². The highest BCUT2D eigenvalue weighted by atomic mass is 35.5. The summed E-state index contributed by atoms with van der Waals surface area (Å²) in [6.07, 6.45) is 3.11. The molecular weight excluding hydrogens is 255 g/mol. The van der Waals surface area contributed by atoms with E-state index in [1.165, 1.54) is 12.1 Å². The van der Waals surface area contributed by atoms with Crippen LogP contribution in [0, 0.1) is 5.82 Å². The van der Waals surface area contributed by atoms with Gasteiger partial charge in [0.05, 0.1) is 16.4 Å². The van der Waals surface area contributed by atoms with Gasteiger partial charge in [0.15, 0.2) is 0 Å². The molecule has 0 bridgehead atoms. The van der Waals surface area contributed by atoms with Gasteiger partial charge in [0, 0.05) is 25.8 Å². The fraction of sp³-hybridized carbons (Fsp3) is 0.538. The number of nitrogens with two attached hydrogens (primary N) is 1. The molecule has 0 amide bonds. The number of hydrogen-bond acceptors (Lipinski definition) is 3. The number of benzene rings is 1. The summed E-state index contributed by atoms with van der Waals surface area (Å²) >= 11 is 5.69. The maximum absolute atomic E-state index is 13.1. The molecule has 0 aromatic heterocycles. The van der Waals surface area contributed by atoms with E-state index in [0.29, 0.717) is 18.0 Å². The zero-order valence-corrected chi connectivity index (χ0v) is 11.4. The third-order valence-corrected chi connectivity index (χ3v) is 2.81. The normalized spacial score (nSPS) is 10.6. The van der Waals surface area contributed by atoms with Crippen molar-refractivity contribution in [2.24, 2.45) is 0 Å². The Balaban J connectivity index is 2.25. The largest absolute Gasteiger partial charge is 0.397 e. The Morgan fingerprint density at radius 3 is 2.78 bits per heavy atom. The SMILES string of the molecule is CCCCOCCCNc1cc(Cl)c(F)cc1N. The molecule has 1 aromatic carbocycles. The number of hydrogen-bond donors (Lipinski definition) is 2. The number of ether oxygens (including phenoxy) is 1. The van der Waals surface area contributed by atoms with Crippen molar-refractivity contribution in [3.05, 3.63) is 23.0 Å². The summed E-state index contributed by atoms with van der Waals surface area (Å²) in [5, 5.41) is 3.19. The van der Waals surface area contributed by atoms with E-state index in [4.69, 9.17) is 22.1 Å². The van der Waals surface area contributed by atoms with Gasteiger partial charge in [0.25, 0.3) is 0 Å². The average molecular weight is 275 g/mol. The molecule has 0 unspecified atom stereocenters. The van der Waals surface area contributed by atoms with Crippen LogP contribution in [0.25, 0.3) is 0 Å². The van der Waals surface area contributed by atoms with Crippen molar-refractivity contribution in [3.8, 4) is 0 Å². The van der Waals surface area contributed by atoms with E-state index in [-0.39, 0.29) is 5.02 Å². The molecular formula is C13H20ClFN2O. The fourth-order valence-corrected chi connectivity index (χ4v) is 1.62. The number of nitrogens with one attached hydrogen (secondary N) is 1. The van der Waals surface area contributed by atoms with Crippen LogP contribution in [0.3, 0.4) is 0 Å². The summed E-state index contributed by atoms with van der Waals surface area (Å²) in [5.41, 5.74) is 6.70. The second-order valence-corrected chi connectivity index (χ2v) is 4.51. The molecule has 0 heterocycles.